The van der Waals surface area contributed by atoms with Crippen molar-refractivity contribution in [3.8, 4) is 11.8 Å². The molecule has 0 aliphatic carbocycles. The molecule has 0 spiro atoms. The monoisotopic (exact) mass is 635 g/mol. The van der Waals surface area contributed by atoms with Gasteiger partial charge >= 0.3 is 0 Å². The van der Waals surface area contributed by atoms with Crippen molar-refractivity contribution < 1.29 is 21.1 Å². The number of benzene rings is 2. The van der Waals surface area contributed by atoms with Crippen LogP contribution in [-0.4, -0.2) is 26.7 Å². The van der Waals surface area contributed by atoms with Gasteiger partial charge in [-0.05, 0) is 78.7 Å². The van der Waals surface area contributed by atoms with Gasteiger partial charge in [0.1, 0.15) is 0 Å². The molecule has 2 aromatic rings. The Morgan fingerprint density at radius 1 is 0.548 bits per heavy atom. The van der Waals surface area contributed by atoms with Crippen LogP contribution in [-0.2, 0) is 21.1 Å². The minimum Gasteiger partial charge on any atom is -0.0832 e. The average Bonchev–Trinajstić information content (AvgIpc) is 2.69. The summed E-state index contributed by atoms with van der Waals surface area (Å²) in [6.07, 6.45) is 13.2. The molecule has 0 saturated heterocycles. The molecule has 0 aliphatic rings. The van der Waals surface area contributed by atoms with Crippen LogP contribution >= 0.6 is 15.8 Å². The van der Waals surface area contributed by atoms with Crippen LogP contribution < -0.4 is 10.6 Å². The van der Waals surface area contributed by atoms with Crippen LogP contribution in [0.4, 0.5) is 0 Å². The van der Waals surface area contributed by atoms with E-state index in [0.29, 0.717) is 0 Å². The van der Waals surface area contributed by atoms with Crippen LogP contribution in [0.2, 0.25) is 0 Å². The Labute approximate surface area is 211 Å². The molecule has 0 aromatic heterocycles. The summed E-state index contributed by atoms with van der Waals surface area (Å²) in [5.41, 5.74) is -0.0833. The van der Waals surface area contributed by atoms with Crippen LogP contribution in [0, 0.1) is 35.5 Å². The topological polar surface area (TPSA) is 0 Å². The Morgan fingerprint density at radius 2 is 0.742 bits per heavy atom. The van der Waals surface area contributed by atoms with Crippen LogP contribution in [0.1, 0.15) is 41.5 Å². The molecule has 0 bridgehead atoms. The van der Waals surface area contributed by atoms with Gasteiger partial charge in [-0.2, -0.15) is 0 Å². The zero-order chi connectivity index (χ0) is 23.8. The van der Waals surface area contributed by atoms with E-state index in [4.69, 9.17) is 12.8 Å². The van der Waals surface area contributed by atoms with E-state index in [1.807, 2.05) is 41.5 Å². The third kappa shape index (κ3) is 25.2. The van der Waals surface area contributed by atoms with Gasteiger partial charge in [0.25, 0.3) is 0 Å². The molecule has 0 amide bonds. The second-order valence-corrected chi connectivity index (χ2v) is 14.6. The molecule has 0 aliphatic heterocycles. The van der Waals surface area contributed by atoms with E-state index >= 15 is 0 Å². The smallest absolute Gasteiger partial charge is 0.0832 e. The van der Waals surface area contributed by atoms with E-state index in [0.717, 1.165) is 0 Å². The van der Waals surface area contributed by atoms with Gasteiger partial charge in [0.05, 0.1) is 37.3 Å². The summed E-state index contributed by atoms with van der Waals surface area (Å²) in [7, 11) is -0.424. The van der Waals surface area contributed by atoms with Crippen molar-refractivity contribution in [2.75, 3.05) is 26.7 Å². The third-order valence-corrected chi connectivity index (χ3v) is 6.43. The van der Waals surface area contributed by atoms with E-state index in [1.165, 1.54) is 10.6 Å². The van der Waals surface area contributed by atoms with Crippen molar-refractivity contribution in [1.29, 1.82) is 0 Å². The predicted molar refractivity (Wildman–Crippen MR) is 146 cm³/mol. The van der Waals surface area contributed by atoms with Gasteiger partial charge in [0, 0.05) is 47.7 Å². The van der Waals surface area contributed by atoms with Crippen molar-refractivity contribution in [2.45, 2.75) is 41.5 Å². The molecule has 0 saturated carbocycles. The van der Waals surface area contributed by atoms with Crippen molar-refractivity contribution in [1.82, 2.24) is 0 Å². The molecule has 0 unspecified atom stereocenters. The standard InChI is InChI=1S/2C8H11P.2C6H9.Pt/c2*1-9(2)8-6-4-3-5-7-8;2*1-5-6(2,3)4;/h2*3-7H,1-2H3;2*2-4H3;/p+2. The first-order valence-corrected chi connectivity index (χ1v) is 15.3. The van der Waals surface area contributed by atoms with Crippen LogP contribution in [0.25, 0.3) is 0 Å². The van der Waals surface area contributed by atoms with Crippen molar-refractivity contribution >= 4 is 26.5 Å². The van der Waals surface area contributed by atoms with E-state index in [1.54, 1.807) is 0 Å². The molecule has 0 fully saturated rings. The summed E-state index contributed by atoms with van der Waals surface area (Å²) in [6.45, 7) is 20.9. The van der Waals surface area contributed by atoms with Crippen LogP contribution in [0.15, 0.2) is 60.7 Å². The summed E-state index contributed by atoms with van der Waals surface area (Å²) in [6, 6.07) is 21.4. The average molecular weight is 636 g/mol. The van der Waals surface area contributed by atoms with Gasteiger partial charge in [0.2, 0.25) is 0 Å². The predicted octanol–water partition coefficient (Wildman–Crippen LogP) is 6.81. The summed E-state index contributed by atoms with van der Waals surface area (Å²) < 4.78 is 0. The molecule has 0 atom stereocenters. The fourth-order valence-electron chi connectivity index (χ4n) is 1.54. The Hall–Kier alpha value is -0.892. The molecule has 0 N–H and O–H groups in total. The first-order valence-electron chi connectivity index (χ1n) is 10.3. The zero-order valence-electron chi connectivity index (χ0n) is 21.1. The molecule has 3 heteroatoms. The molecule has 2 rings (SSSR count). The van der Waals surface area contributed by atoms with Gasteiger partial charge in [-0.3, -0.25) is 0 Å². The molecule has 0 heterocycles. The number of hydrogen-bond acceptors (Lipinski definition) is 0. The molecule has 0 nitrogen and oxygen atoms in total. The molecule has 2 radical (unpaired) electrons. The van der Waals surface area contributed by atoms with E-state index in [9.17, 15) is 0 Å². The second kappa shape index (κ2) is 18.7. The number of hydrogen-bond donors (Lipinski definition) is 0. The normalized spacial score (nSPS) is 9.87. The SMILES string of the molecule is C[PH+](C)c1ccccc1.C[PH+](C)c1ccccc1.[C]#CC(C)(C)C.[C]#CC(C)(C)C.[Pt]. The molecule has 31 heavy (non-hydrogen) atoms. The maximum Gasteiger partial charge on any atom is 0.0908 e. The number of rotatable bonds is 2. The van der Waals surface area contributed by atoms with Gasteiger partial charge in [-0.25, -0.2) is 0 Å². The minimum absolute atomic E-state index is 0. The molecular formula is C28H42P2Pt+2. The quantitative estimate of drug-likeness (QED) is 0.251. The maximum atomic E-state index is 6.60. The van der Waals surface area contributed by atoms with Crippen molar-refractivity contribution in [3.63, 3.8) is 0 Å². The first kappa shape index (κ1) is 34.7. The Bertz CT molecular complexity index is 671. The van der Waals surface area contributed by atoms with Gasteiger partial charge in [-0.15, -0.1) is 0 Å². The molecule has 172 valence electrons. The van der Waals surface area contributed by atoms with Gasteiger partial charge in [-0.1, -0.05) is 48.2 Å². The minimum atomic E-state index is -0.212. The maximum absolute atomic E-state index is 6.60. The fourth-order valence-corrected chi connectivity index (χ4v) is 3.26. The third-order valence-electron chi connectivity index (χ3n) is 3.45. The Morgan fingerprint density at radius 3 is 0.839 bits per heavy atom. The fraction of sp³-hybridized carbons (Fsp3) is 0.429. The van der Waals surface area contributed by atoms with Crippen LogP contribution in [0.5, 0.6) is 0 Å². The molecule has 2 aromatic carbocycles. The largest absolute Gasteiger partial charge is 0.0908 e. The summed E-state index contributed by atoms with van der Waals surface area (Å²) >= 11 is 0. The first-order chi connectivity index (χ1) is 13.7. The van der Waals surface area contributed by atoms with Crippen LogP contribution in [0.3, 0.4) is 0 Å². The van der Waals surface area contributed by atoms with E-state index in [2.05, 4.69) is 99.2 Å². The second-order valence-electron chi connectivity index (χ2n) is 9.48. The van der Waals surface area contributed by atoms with Gasteiger partial charge in [0.15, 0.2) is 0 Å². The zero-order valence-corrected chi connectivity index (χ0v) is 25.4. The van der Waals surface area contributed by atoms with E-state index in [-0.39, 0.29) is 47.7 Å². The summed E-state index contributed by atoms with van der Waals surface area (Å²) in [5, 5.41) is 3.03. The van der Waals surface area contributed by atoms with Gasteiger partial charge < -0.3 is 0 Å². The van der Waals surface area contributed by atoms with Crippen molar-refractivity contribution in [3.05, 3.63) is 73.5 Å². The summed E-state index contributed by atoms with van der Waals surface area (Å²) in [5.74, 6) is 4.71. The summed E-state index contributed by atoms with van der Waals surface area (Å²) in [4.78, 5) is 0. The van der Waals surface area contributed by atoms with Crippen molar-refractivity contribution in [2.24, 2.45) is 10.8 Å². The Kier molecular flexibility index (Phi) is 20.9. The van der Waals surface area contributed by atoms with E-state index < -0.39 is 0 Å². The Balaban J connectivity index is -0.000000341. The molecular weight excluding hydrogens is 593 g/mol.